The highest BCUT2D eigenvalue weighted by molar-refractivity contribution is 5.88. The maximum Gasteiger partial charge on any atom is 0.245 e. The van der Waals surface area contributed by atoms with Crippen LogP contribution in [0.25, 0.3) is 0 Å². The van der Waals surface area contributed by atoms with Crippen molar-refractivity contribution in [3.05, 3.63) is 34.9 Å². The number of piperidine rings is 1. The highest BCUT2D eigenvalue weighted by Crippen LogP contribution is 2.35. The third-order valence-corrected chi connectivity index (χ3v) is 5.76. The van der Waals surface area contributed by atoms with Gasteiger partial charge in [0.25, 0.3) is 0 Å². The molecule has 0 aromatic heterocycles. The number of aliphatic hydroxyl groups is 1. The molecule has 2 heterocycles. The molecule has 0 aliphatic carbocycles. The fourth-order valence-electron chi connectivity index (χ4n) is 4.24. The zero-order valence-electron chi connectivity index (χ0n) is 15.4. The van der Waals surface area contributed by atoms with E-state index in [2.05, 4.69) is 32.0 Å². The van der Waals surface area contributed by atoms with E-state index in [-0.39, 0.29) is 24.4 Å². The average molecular weight is 344 g/mol. The second-order valence-electron chi connectivity index (χ2n) is 7.41. The van der Waals surface area contributed by atoms with Crippen LogP contribution in [0.2, 0.25) is 0 Å². The summed E-state index contributed by atoms with van der Waals surface area (Å²) in [5.74, 6) is -0.160. The molecule has 2 saturated heterocycles. The molecule has 0 bridgehead atoms. The van der Waals surface area contributed by atoms with Crippen LogP contribution in [0.3, 0.4) is 0 Å². The molecular formula is C20H28N2O3. The van der Waals surface area contributed by atoms with Crippen molar-refractivity contribution in [3.8, 4) is 0 Å². The Bertz CT molecular complexity index is 673. The van der Waals surface area contributed by atoms with Gasteiger partial charge in [-0.1, -0.05) is 18.2 Å². The lowest BCUT2D eigenvalue weighted by Gasteiger charge is -2.39. The van der Waals surface area contributed by atoms with Crippen LogP contribution in [0.4, 0.5) is 0 Å². The number of carbonyl (C=O) groups excluding carboxylic acids is 2. The van der Waals surface area contributed by atoms with Gasteiger partial charge in [-0.05, 0) is 49.8 Å². The Morgan fingerprint density at radius 1 is 1.16 bits per heavy atom. The second kappa shape index (κ2) is 7.16. The summed E-state index contributed by atoms with van der Waals surface area (Å²) in [6.07, 6.45) is 2.77. The standard InChI is InChI=1S/C20H28N2O3/c1-13-7-6-8-17(14(13)2)18-9-4-5-10-21(18)20(25)19-11-16(24)12-22(19)15(3)23/h6-8,16,18-19,24H,4-5,9-12H2,1-3H3/t16-,18?,19+/m0/s1. The molecule has 25 heavy (non-hydrogen) atoms. The van der Waals surface area contributed by atoms with Crippen LogP contribution in [0.1, 0.15) is 55.3 Å². The number of hydrogen-bond acceptors (Lipinski definition) is 3. The molecule has 5 heteroatoms. The third-order valence-electron chi connectivity index (χ3n) is 5.76. The number of carbonyl (C=O) groups is 2. The largest absolute Gasteiger partial charge is 0.391 e. The molecule has 1 aromatic rings. The fourth-order valence-corrected chi connectivity index (χ4v) is 4.24. The average Bonchev–Trinajstić information content (AvgIpc) is 2.99. The molecule has 136 valence electrons. The van der Waals surface area contributed by atoms with Gasteiger partial charge in [0.2, 0.25) is 11.8 Å². The van der Waals surface area contributed by atoms with Crippen molar-refractivity contribution in [3.63, 3.8) is 0 Å². The van der Waals surface area contributed by atoms with Crippen LogP contribution in [-0.2, 0) is 9.59 Å². The van der Waals surface area contributed by atoms with Gasteiger partial charge in [0.1, 0.15) is 6.04 Å². The minimum atomic E-state index is -0.609. The second-order valence-corrected chi connectivity index (χ2v) is 7.41. The van der Waals surface area contributed by atoms with E-state index in [1.165, 1.54) is 28.5 Å². The van der Waals surface area contributed by atoms with Gasteiger partial charge in [-0.2, -0.15) is 0 Å². The van der Waals surface area contributed by atoms with Crippen molar-refractivity contribution < 1.29 is 14.7 Å². The number of hydrogen-bond donors (Lipinski definition) is 1. The number of aryl methyl sites for hydroxylation is 1. The number of aliphatic hydroxyl groups excluding tert-OH is 1. The van der Waals surface area contributed by atoms with Crippen molar-refractivity contribution in [2.24, 2.45) is 0 Å². The van der Waals surface area contributed by atoms with Crippen LogP contribution in [-0.4, -0.2) is 52.0 Å². The van der Waals surface area contributed by atoms with Gasteiger partial charge in [0, 0.05) is 26.4 Å². The number of likely N-dealkylation sites (tertiary alicyclic amines) is 2. The Kier molecular flexibility index (Phi) is 5.13. The molecule has 0 saturated carbocycles. The molecule has 2 aliphatic rings. The Balaban J connectivity index is 1.89. The van der Waals surface area contributed by atoms with Crippen molar-refractivity contribution >= 4 is 11.8 Å². The molecule has 2 amide bonds. The summed E-state index contributed by atoms with van der Waals surface area (Å²) in [6, 6.07) is 5.80. The van der Waals surface area contributed by atoms with E-state index >= 15 is 0 Å². The fraction of sp³-hybridized carbons (Fsp3) is 0.600. The highest BCUT2D eigenvalue weighted by Gasteiger charge is 2.42. The first-order chi connectivity index (χ1) is 11.9. The van der Waals surface area contributed by atoms with E-state index in [1.54, 1.807) is 0 Å². The molecule has 5 nitrogen and oxygen atoms in total. The quantitative estimate of drug-likeness (QED) is 0.896. The Morgan fingerprint density at radius 2 is 1.92 bits per heavy atom. The van der Waals surface area contributed by atoms with E-state index < -0.39 is 12.1 Å². The highest BCUT2D eigenvalue weighted by atomic mass is 16.3. The number of nitrogens with zero attached hydrogens (tertiary/aromatic N) is 2. The van der Waals surface area contributed by atoms with Crippen molar-refractivity contribution in [2.75, 3.05) is 13.1 Å². The summed E-state index contributed by atoms with van der Waals surface area (Å²) in [4.78, 5) is 28.6. The van der Waals surface area contributed by atoms with E-state index in [4.69, 9.17) is 0 Å². The maximum absolute atomic E-state index is 13.3. The smallest absolute Gasteiger partial charge is 0.245 e. The molecule has 3 atom stereocenters. The van der Waals surface area contributed by atoms with Crippen LogP contribution < -0.4 is 0 Å². The summed E-state index contributed by atoms with van der Waals surface area (Å²) in [6.45, 7) is 6.65. The van der Waals surface area contributed by atoms with Crippen LogP contribution in [0.15, 0.2) is 18.2 Å². The molecule has 1 unspecified atom stereocenters. The first kappa shape index (κ1) is 17.9. The van der Waals surface area contributed by atoms with Crippen LogP contribution >= 0.6 is 0 Å². The van der Waals surface area contributed by atoms with Gasteiger partial charge in [0.15, 0.2) is 0 Å². The molecule has 3 rings (SSSR count). The van der Waals surface area contributed by atoms with E-state index in [1.807, 2.05) is 4.90 Å². The van der Waals surface area contributed by atoms with Crippen molar-refractivity contribution in [2.45, 2.75) is 64.6 Å². The summed E-state index contributed by atoms with van der Waals surface area (Å²) in [5.41, 5.74) is 3.68. The Labute approximate surface area is 149 Å². The van der Waals surface area contributed by atoms with Gasteiger partial charge in [-0.3, -0.25) is 9.59 Å². The number of benzene rings is 1. The van der Waals surface area contributed by atoms with Gasteiger partial charge < -0.3 is 14.9 Å². The SMILES string of the molecule is CC(=O)N1C[C@@H](O)C[C@@H]1C(=O)N1CCCCC1c1cccc(C)c1C. The van der Waals surface area contributed by atoms with Crippen LogP contribution in [0.5, 0.6) is 0 Å². The van der Waals surface area contributed by atoms with Gasteiger partial charge in [-0.25, -0.2) is 0 Å². The lowest BCUT2D eigenvalue weighted by Crippen LogP contribution is -2.49. The first-order valence-electron chi connectivity index (χ1n) is 9.22. The Hall–Kier alpha value is -1.88. The zero-order chi connectivity index (χ0) is 18.1. The van der Waals surface area contributed by atoms with Gasteiger partial charge in [-0.15, -0.1) is 0 Å². The normalized spacial score (nSPS) is 26.8. The third kappa shape index (κ3) is 3.43. The summed E-state index contributed by atoms with van der Waals surface area (Å²) < 4.78 is 0. The molecule has 2 aliphatic heterocycles. The molecule has 1 aromatic carbocycles. The minimum Gasteiger partial charge on any atom is -0.391 e. The van der Waals surface area contributed by atoms with E-state index in [0.29, 0.717) is 6.42 Å². The maximum atomic E-state index is 13.3. The van der Waals surface area contributed by atoms with Crippen molar-refractivity contribution in [1.82, 2.24) is 9.80 Å². The predicted octanol–water partition coefficient (Wildman–Crippen LogP) is 2.34. The van der Waals surface area contributed by atoms with Crippen molar-refractivity contribution in [1.29, 1.82) is 0 Å². The predicted molar refractivity (Wildman–Crippen MR) is 96.0 cm³/mol. The monoisotopic (exact) mass is 344 g/mol. The van der Waals surface area contributed by atoms with E-state index in [0.717, 1.165) is 25.8 Å². The molecule has 0 spiro atoms. The minimum absolute atomic E-state index is 0.0163. The molecule has 0 radical (unpaired) electrons. The zero-order valence-corrected chi connectivity index (χ0v) is 15.4. The topological polar surface area (TPSA) is 60.9 Å². The number of rotatable bonds is 2. The van der Waals surface area contributed by atoms with Crippen LogP contribution in [0, 0.1) is 13.8 Å². The lowest BCUT2D eigenvalue weighted by atomic mass is 9.90. The van der Waals surface area contributed by atoms with E-state index in [9.17, 15) is 14.7 Å². The lowest BCUT2D eigenvalue weighted by molar-refractivity contribution is -0.145. The molecule has 1 N–H and O–H groups in total. The summed E-state index contributed by atoms with van der Waals surface area (Å²) in [7, 11) is 0. The summed E-state index contributed by atoms with van der Waals surface area (Å²) >= 11 is 0. The van der Waals surface area contributed by atoms with Gasteiger partial charge in [0.05, 0.1) is 12.1 Å². The summed E-state index contributed by atoms with van der Waals surface area (Å²) in [5, 5.41) is 9.96. The number of β-amino-alcohol motifs (C(OH)–C–C–N with tert-alkyl or cyclic N) is 1. The van der Waals surface area contributed by atoms with Gasteiger partial charge >= 0.3 is 0 Å². The number of amides is 2. The molecule has 2 fully saturated rings. The first-order valence-corrected chi connectivity index (χ1v) is 9.22. The Morgan fingerprint density at radius 3 is 2.64 bits per heavy atom. The molecular weight excluding hydrogens is 316 g/mol.